The first kappa shape index (κ1) is 21.8. The second-order valence-corrected chi connectivity index (χ2v) is 9.60. The van der Waals surface area contributed by atoms with Crippen LogP contribution in [0.2, 0.25) is 0 Å². The van der Waals surface area contributed by atoms with Gasteiger partial charge in [0, 0.05) is 18.1 Å². The first-order chi connectivity index (χ1) is 13.2. The van der Waals surface area contributed by atoms with Crippen LogP contribution in [0.15, 0.2) is 12.1 Å². The van der Waals surface area contributed by atoms with Crippen molar-refractivity contribution in [1.29, 1.82) is 0 Å². The Morgan fingerprint density at radius 2 is 1.79 bits per heavy atom. The number of nitrogens with zero attached hydrogens (tertiary/aromatic N) is 2. The highest BCUT2D eigenvalue weighted by Gasteiger charge is 2.52. The minimum atomic E-state index is -0.727. The smallest absolute Gasteiger partial charge is 0.460 e. The number of esters is 1. The predicted octanol–water partition coefficient (Wildman–Crippen LogP) is 3.51. The van der Waals surface area contributed by atoms with E-state index in [0.29, 0.717) is 28.9 Å². The number of rotatable bonds is 4. The number of hydrogen-bond acceptors (Lipinski definition) is 5. The van der Waals surface area contributed by atoms with Gasteiger partial charge in [-0.25, -0.2) is 9.37 Å². The van der Waals surface area contributed by atoms with Gasteiger partial charge in [-0.3, -0.25) is 4.79 Å². The summed E-state index contributed by atoms with van der Waals surface area (Å²) in [7, 11) is -0.727. The lowest BCUT2D eigenvalue weighted by Crippen LogP contribution is -2.41. The van der Waals surface area contributed by atoms with Crippen LogP contribution < -0.4 is 5.46 Å². The maximum absolute atomic E-state index is 14.3. The Labute approximate surface area is 171 Å². The average molecular weight is 404 g/mol. The number of aryl methyl sites for hydroxylation is 2. The summed E-state index contributed by atoms with van der Waals surface area (Å²) in [6.45, 7) is 15.5. The molecule has 0 aliphatic carbocycles. The van der Waals surface area contributed by atoms with E-state index in [1.807, 2.05) is 60.0 Å². The maximum Gasteiger partial charge on any atom is 0.497 e. The van der Waals surface area contributed by atoms with E-state index in [9.17, 15) is 9.18 Å². The van der Waals surface area contributed by atoms with Crippen molar-refractivity contribution >= 4 is 29.6 Å². The Morgan fingerprint density at radius 1 is 1.21 bits per heavy atom. The Morgan fingerprint density at radius 3 is 2.34 bits per heavy atom. The molecular weight excluding hydrogens is 374 g/mol. The molecule has 1 fully saturated rings. The normalized spacial score (nSPS) is 18.4. The lowest BCUT2D eigenvalue weighted by atomic mass is 9.78. The molecular formula is C21H30BFN2O4. The van der Waals surface area contributed by atoms with Crippen molar-refractivity contribution < 1.29 is 23.2 Å². The minimum Gasteiger partial charge on any atom is -0.460 e. The predicted molar refractivity (Wildman–Crippen MR) is 111 cm³/mol. The molecule has 0 bridgehead atoms. The number of carbonyl (C=O) groups excluding carboxylic acids is 1. The third-order valence-corrected chi connectivity index (χ3v) is 5.49. The summed E-state index contributed by atoms with van der Waals surface area (Å²) in [6, 6.07) is 2.82. The van der Waals surface area contributed by atoms with Crippen LogP contribution in [0, 0.1) is 12.7 Å². The van der Waals surface area contributed by atoms with Gasteiger partial charge >= 0.3 is 13.1 Å². The fourth-order valence-electron chi connectivity index (χ4n) is 3.40. The van der Waals surface area contributed by atoms with Crippen LogP contribution in [0.4, 0.5) is 4.39 Å². The zero-order chi connectivity index (χ0) is 21.8. The van der Waals surface area contributed by atoms with Crippen LogP contribution in [0.1, 0.15) is 60.7 Å². The summed E-state index contributed by atoms with van der Waals surface area (Å²) < 4.78 is 33.9. The van der Waals surface area contributed by atoms with E-state index in [0.717, 1.165) is 0 Å². The van der Waals surface area contributed by atoms with Crippen LogP contribution in [0.5, 0.6) is 0 Å². The zero-order valence-electron chi connectivity index (χ0n) is 18.6. The average Bonchev–Trinajstić information content (AvgIpc) is 2.94. The second kappa shape index (κ2) is 7.09. The fourth-order valence-corrected chi connectivity index (χ4v) is 3.40. The van der Waals surface area contributed by atoms with Crippen molar-refractivity contribution in [3.63, 3.8) is 0 Å². The Bertz CT molecular complexity index is 930. The van der Waals surface area contributed by atoms with Gasteiger partial charge in [-0.15, -0.1) is 0 Å². The van der Waals surface area contributed by atoms with Gasteiger partial charge in [0.2, 0.25) is 0 Å². The van der Waals surface area contributed by atoms with Crippen LogP contribution in [-0.4, -0.2) is 39.4 Å². The summed E-state index contributed by atoms with van der Waals surface area (Å²) >= 11 is 0. The van der Waals surface area contributed by atoms with Crippen molar-refractivity contribution in [1.82, 2.24) is 9.55 Å². The van der Waals surface area contributed by atoms with Crippen LogP contribution in [-0.2, 0) is 25.4 Å². The van der Waals surface area contributed by atoms with Crippen molar-refractivity contribution in [3.05, 3.63) is 23.8 Å². The first-order valence-electron chi connectivity index (χ1n) is 9.94. The van der Waals surface area contributed by atoms with E-state index >= 15 is 0 Å². The molecule has 0 unspecified atom stereocenters. The topological polar surface area (TPSA) is 62.6 Å². The first-order valence-corrected chi connectivity index (χ1v) is 9.94. The molecule has 1 aromatic carbocycles. The summed E-state index contributed by atoms with van der Waals surface area (Å²) in [5, 5.41) is 0. The number of carbonyl (C=O) groups is 1. The highest BCUT2D eigenvalue weighted by Crippen LogP contribution is 2.37. The monoisotopic (exact) mass is 404 g/mol. The molecule has 1 aliphatic heterocycles. The van der Waals surface area contributed by atoms with Gasteiger partial charge < -0.3 is 18.6 Å². The van der Waals surface area contributed by atoms with Crippen molar-refractivity contribution in [3.8, 4) is 0 Å². The van der Waals surface area contributed by atoms with Crippen molar-refractivity contribution in [2.75, 3.05) is 0 Å². The molecule has 8 heteroatoms. The highest BCUT2D eigenvalue weighted by atomic mass is 19.1. The number of fused-ring (bicyclic) bond motifs is 1. The van der Waals surface area contributed by atoms with Gasteiger partial charge in [-0.2, -0.15) is 0 Å². The van der Waals surface area contributed by atoms with Crippen LogP contribution >= 0.6 is 0 Å². The number of hydrogen-bond donors (Lipinski definition) is 0. The number of ether oxygens (including phenoxy) is 1. The van der Waals surface area contributed by atoms with Gasteiger partial charge in [0.05, 0.1) is 28.7 Å². The molecule has 0 radical (unpaired) electrons. The number of halogens is 1. The minimum absolute atomic E-state index is 0.184. The van der Waals surface area contributed by atoms with Gasteiger partial charge in [-0.1, -0.05) is 0 Å². The molecule has 1 saturated heterocycles. The van der Waals surface area contributed by atoms with Gasteiger partial charge in [-0.05, 0) is 61.5 Å². The number of aromatic nitrogens is 2. The van der Waals surface area contributed by atoms with E-state index in [4.69, 9.17) is 14.0 Å². The van der Waals surface area contributed by atoms with Gasteiger partial charge in [0.15, 0.2) is 0 Å². The molecule has 3 rings (SSSR count). The largest absolute Gasteiger partial charge is 0.497 e. The molecule has 0 saturated carbocycles. The molecule has 0 atom stereocenters. The van der Waals surface area contributed by atoms with Gasteiger partial charge in [0.25, 0.3) is 0 Å². The van der Waals surface area contributed by atoms with Crippen LogP contribution in [0.25, 0.3) is 11.0 Å². The lowest BCUT2D eigenvalue weighted by molar-refractivity contribution is -0.155. The zero-order valence-corrected chi connectivity index (χ0v) is 18.6. The van der Waals surface area contributed by atoms with E-state index in [-0.39, 0.29) is 12.4 Å². The highest BCUT2D eigenvalue weighted by molar-refractivity contribution is 6.65. The van der Waals surface area contributed by atoms with E-state index in [2.05, 4.69) is 4.98 Å². The summed E-state index contributed by atoms with van der Waals surface area (Å²) in [5.74, 6) is -0.0102. The van der Waals surface area contributed by atoms with E-state index in [1.165, 1.54) is 12.1 Å². The number of benzene rings is 1. The molecule has 1 aliphatic rings. The third kappa shape index (κ3) is 4.33. The molecule has 0 N–H and O–H groups in total. The Kier molecular flexibility index (Phi) is 5.33. The quantitative estimate of drug-likeness (QED) is 0.577. The molecule has 29 heavy (non-hydrogen) atoms. The fraction of sp³-hybridized carbons (Fsp3) is 0.619. The second-order valence-electron chi connectivity index (χ2n) is 9.60. The Hall–Kier alpha value is -1.93. The Balaban J connectivity index is 1.98. The molecule has 158 valence electrons. The lowest BCUT2D eigenvalue weighted by Gasteiger charge is -2.32. The molecule has 2 aromatic rings. The number of imidazole rings is 1. The van der Waals surface area contributed by atoms with Crippen molar-refractivity contribution in [2.24, 2.45) is 0 Å². The van der Waals surface area contributed by atoms with Crippen molar-refractivity contribution in [2.45, 2.75) is 85.2 Å². The molecule has 1 aromatic heterocycles. The summed E-state index contributed by atoms with van der Waals surface area (Å²) in [4.78, 5) is 16.7. The van der Waals surface area contributed by atoms with Crippen LogP contribution in [0.3, 0.4) is 0 Å². The molecule has 2 heterocycles. The molecule has 6 nitrogen and oxygen atoms in total. The molecule has 0 amide bonds. The third-order valence-electron chi connectivity index (χ3n) is 5.49. The SMILES string of the molecule is Cc1nc2cc(F)cc(B3OC(C)(C)C(C)(C)O3)c2n1CCC(=O)OC(C)(C)C. The standard InChI is InChI=1S/C21H30BFN2O4/c1-13-24-16-12-14(23)11-15(22-28-20(5,6)21(7,8)29-22)18(16)25(13)10-9-17(26)27-19(2,3)4/h11-12H,9-10H2,1-8H3. The summed E-state index contributed by atoms with van der Waals surface area (Å²) in [6.07, 6.45) is 0.184. The molecule has 0 spiro atoms. The summed E-state index contributed by atoms with van der Waals surface area (Å²) in [5.41, 5.74) is 0.158. The van der Waals surface area contributed by atoms with E-state index in [1.54, 1.807) is 0 Å². The maximum atomic E-state index is 14.3. The van der Waals surface area contributed by atoms with E-state index < -0.39 is 29.7 Å². The van der Waals surface area contributed by atoms with Gasteiger partial charge in [0.1, 0.15) is 17.2 Å².